The van der Waals surface area contributed by atoms with Gasteiger partial charge < -0.3 is 15.4 Å². The number of carbonyl (C=O) groups excluding carboxylic acids is 1. The topological polar surface area (TPSA) is 50.4 Å². The molecular formula is C13H17ClN2O2. The third-order valence-electron chi connectivity index (χ3n) is 3.13. The molecule has 0 aliphatic carbocycles. The third kappa shape index (κ3) is 3.15. The van der Waals surface area contributed by atoms with Gasteiger partial charge in [0.2, 0.25) is 5.91 Å². The van der Waals surface area contributed by atoms with Crippen LogP contribution < -0.4 is 15.4 Å². The standard InChI is InChI=1S/C13H17ClN2O2/c1-18-12-3-2-11(14)6-10(12)8-16-13(17)9-4-5-15-7-9/h2-3,6,9,15H,4-5,7-8H2,1H3,(H,16,17)/t9-/m0/s1. The Bertz CT molecular complexity index is 431. The third-order valence-corrected chi connectivity index (χ3v) is 3.36. The Kier molecular flexibility index (Phi) is 4.44. The minimum Gasteiger partial charge on any atom is -0.496 e. The Hall–Kier alpha value is -1.26. The zero-order valence-corrected chi connectivity index (χ0v) is 11.1. The molecule has 98 valence electrons. The highest BCUT2D eigenvalue weighted by Crippen LogP contribution is 2.22. The normalized spacial score (nSPS) is 18.7. The number of carbonyl (C=O) groups is 1. The molecule has 1 atom stereocenters. The summed E-state index contributed by atoms with van der Waals surface area (Å²) in [5.74, 6) is 0.904. The van der Waals surface area contributed by atoms with Crippen LogP contribution in [0.4, 0.5) is 0 Å². The number of nitrogens with one attached hydrogen (secondary N) is 2. The van der Waals surface area contributed by atoms with Crippen LogP contribution in [0.3, 0.4) is 0 Å². The summed E-state index contributed by atoms with van der Waals surface area (Å²) in [5, 5.41) is 6.74. The summed E-state index contributed by atoms with van der Waals surface area (Å²) in [6, 6.07) is 5.39. The number of halogens is 1. The van der Waals surface area contributed by atoms with Crippen molar-refractivity contribution in [3.63, 3.8) is 0 Å². The van der Waals surface area contributed by atoms with E-state index in [1.54, 1.807) is 19.2 Å². The van der Waals surface area contributed by atoms with Gasteiger partial charge in [-0.1, -0.05) is 11.6 Å². The average Bonchev–Trinajstić information content (AvgIpc) is 2.90. The molecule has 0 spiro atoms. The summed E-state index contributed by atoms with van der Waals surface area (Å²) in [6.45, 7) is 2.12. The van der Waals surface area contributed by atoms with Crippen molar-refractivity contribution in [1.82, 2.24) is 10.6 Å². The molecule has 5 heteroatoms. The number of hydrogen-bond donors (Lipinski definition) is 2. The fraction of sp³-hybridized carbons (Fsp3) is 0.462. The molecule has 2 N–H and O–H groups in total. The van der Waals surface area contributed by atoms with Crippen molar-refractivity contribution in [2.24, 2.45) is 5.92 Å². The lowest BCUT2D eigenvalue weighted by Gasteiger charge is -2.12. The summed E-state index contributed by atoms with van der Waals surface area (Å²) < 4.78 is 5.24. The molecule has 0 aromatic heterocycles. The van der Waals surface area contributed by atoms with E-state index < -0.39 is 0 Å². The number of ether oxygens (including phenoxy) is 1. The second kappa shape index (κ2) is 6.07. The molecule has 18 heavy (non-hydrogen) atoms. The molecule has 2 rings (SSSR count). The molecule has 1 heterocycles. The van der Waals surface area contributed by atoms with Gasteiger partial charge in [0, 0.05) is 23.7 Å². The van der Waals surface area contributed by atoms with Crippen molar-refractivity contribution in [3.8, 4) is 5.75 Å². The largest absolute Gasteiger partial charge is 0.496 e. The molecule has 4 nitrogen and oxygen atoms in total. The summed E-state index contributed by atoms with van der Waals surface area (Å²) in [4.78, 5) is 11.9. The molecule has 1 amide bonds. The number of hydrogen-bond acceptors (Lipinski definition) is 3. The van der Waals surface area contributed by atoms with Gasteiger partial charge in [0.05, 0.1) is 13.0 Å². The molecule has 1 aromatic carbocycles. The Morgan fingerprint density at radius 1 is 1.61 bits per heavy atom. The first-order valence-corrected chi connectivity index (χ1v) is 6.39. The van der Waals surface area contributed by atoms with Crippen molar-refractivity contribution in [2.45, 2.75) is 13.0 Å². The molecular weight excluding hydrogens is 252 g/mol. The van der Waals surface area contributed by atoms with E-state index >= 15 is 0 Å². The molecule has 1 aromatic rings. The van der Waals surface area contributed by atoms with E-state index in [1.807, 2.05) is 6.07 Å². The van der Waals surface area contributed by atoms with Gasteiger partial charge in [-0.3, -0.25) is 4.79 Å². The van der Waals surface area contributed by atoms with Gasteiger partial charge in [-0.25, -0.2) is 0 Å². The van der Waals surface area contributed by atoms with Gasteiger partial charge >= 0.3 is 0 Å². The van der Waals surface area contributed by atoms with Crippen LogP contribution in [-0.2, 0) is 11.3 Å². The maximum atomic E-state index is 11.9. The Morgan fingerprint density at radius 2 is 2.44 bits per heavy atom. The second-order valence-electron chi connectivity index (χ2n) is 4.36. The van der Waals surface area contributed by atoms with E-state index in [-0.39, 0.29) is 11.8 Å². The van der Waals surface area contributed by atoms with E-state index in [0.29, 0.717) is 11.6 Å². The monoisotopic (exact) mass is 268 g/mol. The van der Waals surface area contributed by atoms with Gasteiger partial charge in [0.1, 0.15) is 5.75 Å². The van der Waals surface area contributed by atoms with Crippen molar-refractivity contribution in [2.75, 3.05) is 20.2 Å². The van der Waals surface area contributed by atoms with Crippen LogP contribution in [0.25, 0.3) is 0 Å². The van der Waals surface area contributed by atoms with Crippen LogP contribution in [0.1, 0.15) is 12.0 Å². The zero-order chi connectivity index (χ0) is 13.0. The predicted octanol–water partition coefficient (Wildman–Crippen LogP) is 1.57. The average molecular weight is 269 g/mol. The lowest BCUT2D eigenvalue weighted by atomic mass is 10.1. The zero-order valence-electron chi connectivity index (χ0n) is 10.3. The minimum absolute atomic E-state index is 0.0789. The highest BCUT2D eigenvalue weighted by atomic mass is 35.5. The fourth-order valence-corrected chi connectivity index (χ4v) is 2.29. The molecule has 1 fully saturated rings. The maximum absolute atomic E-state index is 11.9. The van der Waals surface area contributed by atoms with Crippen molar-refractivity contribution < 1.29 is 9.53 Å². The van der Waals surface area contributed by atoms with Gasteiger partial charge in [0.15, 0.2) is 0 Å². The Balaban J connectivity index is 1.96. The van der Waals surface area contributed by atoms with E-state index in [0.717, 1.165) is 30.8 Å². The van der Waals surface area contributed by atoms with Crippen LogP contribution in [0, 0.1) is 5.92 Å². The SMILES string of the molecule is COc1ccc(Cl)cc1CNC(=O)[C@H]1CCNC1. The Morgan fingerprint density at radius 3 is 3.11 bits per heavy atom. The summed E-state index contributed by atoms with van der Waals surface area (Å²) in [7, 11) is 1.61. The van der Waals surface area contributed by atoms with Crippen molar-refractivity contribution >= 4 is 17.5 Å². The molecule has 0 radical (unpaired) electrons. The molecule has 1 saturated heterocycles. The highest BCUT2D eigenvalue weighted by molar-refractivity contribution is 6.30. The second-order valence-corrected chi connectivity index (χ2v) is 4.80. The maximum Gasteiger partial charge on any atom is 0.224 e. The first-order valence-electron chi connectivity index (χ1n) is 6.01. The van der Waals surface area contributed by atoms with Gasteiger partial charge in [-0.2, -0.15) is 0 Å². The minimum atomic E-state index is 0.0789. The van der Waals surface area contributed by atoms with Crippen LogP contribution in [0.2, 0.25) is 5.02 Å². The summed E-state index contributed by atoms with van der Waals surface area (Å²) in [5.41, 5.74) is 0.893. The summed E-state index contributed by atoms with van der Waals surface area (Å²) in [6.07, 6.45) is 0.901. The first-order chi connectivity index (χ1) is 8.70. The number of methoxy groups -OCH3 is 1. The Labute approximate surface area is 112 Å². The molecule has 0 saturated carbocycles. The molecule has 0 unspecified atom stereocenters. The van der Waals surface area contributed by atoms with Gasteiger partial charge in [0.25, 0.3) is 0 Å². The smallest absolute Gasteiger partial charge is 0.224 e. The number of amides is 1. The van der Waals surface area contributed by atoms with Crippen LogP contribution >= 0.6 is 11.6 Å². The van der Waals surface area contributed by atoms with Crippen molar-refractivity contribution in [1.29, 1.82) is 0 Å². The molecule has 0 bridgehead atoms. The molecule has 1 aliphatic heterocycles. The van der Waals surface area contributed by atoms with E-state index in [1.165, 1.54) is 0 Å². The van der Waals surface area contributed by atoms with Crippen molar-refractivity contribution in [3.05, 3.63) is 28.8 Å². The van der Waals surface area contributed by atoms with Gasteiger partial charge in [-0.15, -0.1) is 0 Å². The number of rotatable bonds is 4. The number of benzene rings is 1. The predicted molar refractivity (Wildman–Crippen MR) is 70.8 cm³/mol. The lowest BCUT2D eigenvalue weighted by molar-refractivity contribution is -0.124. The molecule has 1 aliphatic rings. The fourth-order valence-electron chi connectivity index (χ4n) is 2.09. The lowest BCUT2D eigenvalue weighted by Crippen LogP contribution is -2.31. The highest BCUT2D eigenvalue weighted by Gasteiger charge is 2.22. The first kappa shape index (κ1) is 13.2. The summed E-state index contributed by atoms with van der Waals surface area (Å²) >= 11 is 5.94. The van der Waals surface area contributed by atoms with Crippen LogP contribution in [0.15, 0.2) is 18.2 Å². The van der Waals surface area contributed by atoms with Gasteiger partial charge in [-0.05, 0) is 31.2 Å². The van der Waals surface area contributed by atoms with Crippen LogP contribution in [-0.4, -0.2) is 26.1 Å². The van der Waals surface area contributed by atoms with E-state index in [2.05, 4.69) is 10.6 Å². The van der Waals surface area contributed by atoms with E-state index in [4.69, 9.17) is 16.3 Å². The van der Waals surface area contributed by atoms with E-state index in [9.17, 15) is 4.79 Å². The van der Waals surface area contributed by atoms with Crippen LogP contribution in [0.5, 0.6) is 5.75 Å². The quantitative estimate of drug-likeness (QED) is 0.872.